The average Bonchev–Trinajstić information content (AvgIpc) is 2.74. The van der Waals surface area contributed by atoms with E-state index in [1.54, 1.807) is 19.1 Å². The van der Waals surface area contributed by atoms with Crippen LogP contribution in [-0.4, -0.2) is 12.0 Å². The minimum Gasteiger partial charge on any atom is -0.428 e. The van der Waals surface area contributed by atoms with E-state index in [2.05, 4.69) is 5.32 Å². The molecule has 4 heteroatoms. The van der Waals surface area contributed by atoms with Gasteiger partial charge in [-0.05, 0) is 18.1 Å². The Hall–Kier alpha value is -2.62. The zero-order chi connectivity index (χ0) is 14.2. The van der Waals surface area contributed by atoms with Crippen molar-refractivity contribution < 1.29 is 14.3 Å². The first-order chi connectivity index (χ1) is 9.59. The summed E-state index contributed by atoms with van der Waals surface area (Å²) in [7, 11) is 0. The van der Waals surface area contributed by atoms with E-state index < -0.39 is 17.6 Å². The lowest BCUT2D eigenvalue weighted by atomic mass is 9.93. The first-order valence-corrected chi connectivity index (χ1v) is 6.30. The molecule has 2 aromatic carbocycles. The zero-order valence-electron chi connectivity index (χ0n) is 10.9. The van der Waals surface area contributed by atoms with E-state index >= 15 is 0 Å². The second-order valence-electron chi connectivity index (χ2n) is 4.82. The zero-order valence-corrected chi connectivity index (χ0v) is 10.9. The molecule has 1 N–H and O–H groups in total. The molecule has 1 heterocycles. The molecule has 1 atom stereocenters. The number of alkyl carbamates (subject to hydrolysis) is 1. The van der Waals surface area contributed by atoms with E-state index in [1.165, 1.54) is 0 Å². The van der Waals surface area contributed by atoms with Gasteiger partial charge in [-0.2, -0.15) is 0 Å². The average molecular weight is 267 g/mol. The number of hydrogen-bond acceptors (Lipinski definition) is 3. The maximum absolute atomic E-state index is 11.8. The van der Waals surface area contributed by atoms with Crippen LogP contribution in [0.1, 0.15) is 12.5 Å². The van der Waals surface area contributed by atoms with E-state index in [1.807, 2.05) is 42.5 Å². The van der Waals surface area contributed by atoms with E-state index in [0.29, 0.717) is 5.56 Å². The Bertz CT molecular complexity index is 664. The van der Waals surface area contributed by atoms with Crippen LogP contribution < -0.4 is 5.32 Å². The quantitative estimate of drug-likeness (QED) is 0.910. The molecule has 0 bridgehead atoms. The summed E-state index contributed by atoms with van der Waals surface area (Å²) in [5.74, 6) is -0.435. The van der Waals surface area contributed by atoms with Gasteiger partial charge in [0.1, 0.15) is 0 Å². The lowest BCUT2D eigenvalue weighted by Crippen LogP contribution is -2.33. The van der Waals surface area contributed by atoms with Crippen LogP contribution in [0, 0.1) is 0 Å². The van der Waals surface area contributed by atoms with Gasteiger partial charge in [0.25, 0.3) is 5.91 Å². The summed E-state index contributed by atoms with van der Waals surface area (Å²) >= 11 is 0. The maximum atomic E-state index is 11.8. The Morgan fingerprint density at radius 3 is 2.05 bits per heavy atom. The standard InChI is InChI=1S/C16H13NO3/c1-16(14(18)17-15(19)20-16)13-9-7-12(8-10-13)11-5-3-2-4-6-11/h2-10H,1H3,(H,17,18,19). The molecule has 1 saturated heterocycles. The molecule has 1 unspecified atom stereocenters. The fraction of sp³-hybridized carbons (Fsp3) is 0.125. The SMILES string of the molecule is CC1(c2ccc(-c3ccccc3)cc2)OC(=O)NC1=O. The Morgan fingerprint density at radius 2 is 1.50 bits per heavy atom. The van der Waals surface area contributed by atoms with Gasteiger partial charge in [0, 0.05) is 5.56 Å². The Labute approximate surface area is 116 Å². The van der Waals surface area contributed by atoms with Crippen LogP contribution in [0.2, 0.25) is 0 Å². The van der Waals surface area contributed by atoms with Gasteiger partial charge < -0.3 is 4.74 Å². The third kappa shape index (κ3) is 1.95. The molecule has 0 spiro atoms. The van der Waals surface area contributed by atoms with Gasteiger partial charge in [-0.25, -0.2) is 4.79 Å². The van der Waals surface area contributed by atoms with Crippen molar-refractivity contribution in [1.29, 1.82) is 0 Å². The third-order valence-electron chi connectivity index (χ3n) is 3.49. The highest BCUT2D eigenvalue weighted by atomic mass is 16.6. The molecule has 0 radical (unpaired) electrons. The van der Waals surface area contributed by atoms with Crippen molar-refractivity contribution in [1.82, 2.24) is 5.32 Å². The number of carbonyl (C=O) groups is 2. The molecule has 0 aliphatic carbocycles. The predicted octanol–water partition coefficient (Wildman–Crippen LogP) is 2.84. The van der Waals surface area contributed by atoms with E-state index in [-0.39, 0.29) is 0 Å². The van der Waals surface area contributed by atoms with Gasteiger partial charge in [0.2, 0.25) is 5.60 Å². The smallest absolute Gasteiger partial charge is 0.415 e. The fourth-order valence-electron chi connectivity index (χ4n) is 2.27. The molecular weight excluding hydrogens is 254 g/mol. The summed E-state index contributed by atoms with van der Waals surface area (Å²) in [6, 6.07) is 17.4. The molecule has 100 valence electrons. The number of benzene rings is 2. The summed E-state index contributed by atoms with van der Waals surface area (Å²) < 4.78 is 5.09. The molecule has 1 aliphatic heterocycles. The van der Waals surface area contributed by atoms with Crippen molar-refractivity contribution in [3.63, 3.8) is 0 Å². The molecule has 0 aromatic heterocycles. The number of hydrogen-bond donors (Lipinski definition) is 1. The molecule has 4 nitrogen and oxygen atoms in total. The number of cyclic esters (lactones) is 1. The largest absolute Gasteiger partial charge is 0.428 e. The summed E-state index contributed by atoms with van der Waals surface area (Å²) in [4.78, 5) is 23.0. The minimum atomic E-state index is -1.24. The van der Waals surface area contributed by atoms with Crippen LogP contribution in [0.15, 0.2) is 54.6 Å². The number of carbonyl (C=O) groups excluding carboxylic acids is 2. The predicted molar refractivity (Wildman–Crippen MR) is 73.9 cm³/mol. The molecular formula is C16H13NO3. The van der Waals surface area contributed by atoms with Gasteiger partial charge in [-0.1, -0.05) is 54.6 Å². The summed E-state index contributed by atoms with van der Waals surface area (Å²) in [5, 5.41) is 2.15. The first-order valence-electron chi connectivity index (χ1n) is 6.30. The van der Waals surface area contributed by atoms with Gasteiger partial charge in [0.15, 0.2) is 0 Å². The monoisotopic (exact) mass is 267 g/mol. The number of nitrogens with one attached hydrogen (secondary N) is 1. The molecule has 0 saturated carbocycles. The van der Waals surface area contributed by atoms with Crippen LogP contribution in [0.4, 0.5) is 4.79 Å². The summed E-state index contributed by atoms with van der Waals surface area (Å²) in [5.41, 5.74) is 1.55. The van der Waals surface area contributed by atoms with Gasteiger partial charge in [-0.15, -0.1) is 0 Å². The van der Waals surface area contributed by atoms with Crippen molar-refractivity contribution in [3.05, 3.63) is 60.2 Å². The Morgan fingerprint density at radius 1 is 0.900 bits per heavy atom. The second-order valence-corrected chi connectivity index (χ2v) is 4.82. The molecule has 1 aliphatic rings. The van der Waals surface area contributed by atoms with Gasteiger partial charge >= 0.3 is 6.09 Å². The maximum Gasteiger partial charge on any atom is 0.415 e. The highest BCUT2D eigenvalue weighted by Gasteiger charge is 2.46. The Kier molecular flexibility index (Phi) is 2.79. The molecule has 3 rings (SSSR count). The van der Waals surface area contributed by atoms with Crippen LogP contribution in [0.3, 0.4) is 0 Å². The van der Waals surface area contributed by atoms with E-state index in [0.717, 1.165) is 11.1 Å². The van der Waals surface area contributed by atoms with Crippen LogP contribution in [-0.2, 0) is 15.1 Å². The Balaban J connectivity index is 1.94. The van der Waals surface area contributed by atoms with E-state index in [4.69, 9.17) is 4.74 Å². The fourth-order valence-corrected chi connectivity index (χ4v) is 2.27. The first kappa shape index (κ1) is 12.4. The van der Waals surface area contributed by atoms with Crippen LogP contribution >= 0.6 is 0 Å². The number of imide groups is 1. The van der Waals surface area contributed by atoms with Crippen molar-refractivity contribution in [2.75, 3.05) is 0 Å². The molecule has 1 fully saturated rings. The highest BCUT2D eigenvalue weighted by molar-refractivity contribution is 6.03. The summed E-state index contributed by atoms with van der Waals surface area (Å²) in [6.07, 6.45) is -0.704. The highest BCUT2D eigenvalue weighted by Crippen LogP contribution is 2.31. The van der Waals surface area contributed by atoms with Crippen molar-refractivity contribution in [3.8, 4) is 11.1 Å². The van der Waals surface area contributed by atoms with Crippen molar-refractivity contribution in [2.45, 2.75) is 12.5 Å². The van der Waals surface area contributed by atoms with Crippen molar-refractivity contribution >= 4 is 12.0 Å². The topological polar surface area (TPSA) is 55.4 Å². The number of amides is 2. The van der Waals surface area contributed by atoms with Gasteiger partial charge in [0.05, 0.1) is 0 Å². The lowest BCUT2D eigenvalue weighted by Gasteiger charge is -2.19. The van der Waals surface area contributed by atoms with Crippen molar-refractivity contribution in [2.24, 2.45) is 0 Å². The lowest BCUT2D eigenvalue weighted by molar-refractivity contribution is -0.130. The number of rotatable bonds is 2. The second kappa shape index (κ2) is 4.49. The summed E-state index contributed by atoms with van der Waals surface area (Å²) in [6.45, 7) is 1.59. The normalized spacial score (nSPS) is 21.4. The molecule has 20 heavy (non-hydrogen) atoms. The van der Waals surface area contributed by atoms with Gasteiger partial charge in [-0.3, -0.25) is 10.1 Å². The van der Waals surface area contributed by atoms with E-state index in [9.17, 15) is 9.59 Å². The molecule has 2 aromatic rings. The van der Waals surface area contributed by atoms with Crippen LogP contribution in [0.25, 0.3) is 11.1 Å². The third-order valence-corrected chi connectivity index (χ3v) is 3.49. The molecule has 2 amide bonds. The number of ether oxygens (including phenoxy) is 1. The van der Waals surface area contributed by atoms with Crippen LogP contribution in [0.5, 0.6) is 0 Å². The minimum absolute atomic E-state index is 0.435.